The summed E-state index contributed by atoms with van der Waals surface area (Å²) in [5.74, 6) is 1.27. The third-order valence-corrected chi connectivity index (χ3v) is 6.66. The second-order valence-corrected chi connectivity index (χ2v) is 9.11. The zero-order valence-electron chi connectivity index (χ0n) is 17.3. The molecule has 4 nitrogen and oxygen atoms in total. The highest BCUT2D eigenvalue weighted by atomic mass is 35.5. The summed E-state index contributed by atoms with van der Waals surface area (Å²) in [7, 11) is 0. The van der Waals surface area contributed by atoms with Gasteiger partial charge in [-0.05, 0) is 48.2 Å². The van der Waals surface area contributed by atoms with E-state index in [1.165, 1.54) is 17.8 Å². The van der Waals surface area contributed by atoms with Crippen LogP contribution in [-0.2, 0) is 6.42 Å². The molecule has 4 rings (SSSR count). The number of aromatic hydroxyl groups is 1. The third kappa shape index (κ3) is 4.63. The van der Waals surface area contributed by atoms with Gasteiger partial charge in [-0.25, -0.2) is 0 Å². The van der Waals surface area contributed by atoms with Crippen LogP contribution in [-0.4, -0.2) is 10.1 Å². The summed E-state index contributed by atoms with van der Waals surface area (Å²) >= 11 is 7.79. The van der Waals surface area contributed by atoms with Gasteiger partial charge in [-0.3, -0.25) is 4.79 Å². The van der Waals surface area contributed by atoms with E-state index in [9.17, 15) is 9.90 Å². The molecular weight excluding hydrogens is 430 g/mol. The highest BCUT2D eigenvalue weighted by molar-refractivity contribution is 7.22. The molecule has 0 atom stereocenters. The van der Waals surface area contributed by atoms with Crippen molar-refractivity contribution < 1.29 is 9.84 Å². The van der Waals surface area contributed by atoms with Crippen molar-refractivity contribution in [2.24, 2.45) is 0 Å². The Kier molecular flexibility index (Phi) is 6.64. The molecule has 160 valence electrons. The lowest BCUT2D eigenvalue weighted by Gasteiger charge is -2.10. The Morgan fingerprint density at radius 3 is 2.58 bits per heavy atom. The van der Waals surface area contributed by atoms with E-state index < -0.39 is 0 Å². The fourth-order valence-corrected chi connectivity index (χ4v) is 5.13. The quantitative estimate of drug-likeness (QED) is 0.271. The number of halogens is 1. The van der Waals surface area contributed by atoms with E-state index in [-0.39, 0.29) is 16.9 Å². The number of thiophene rings is 1. The number of nitrogens with one attached hydrogen (secondary N) is 1. The Morgan fingerprint density at radius 2 is 1.81 bits per heavy atom. The lowest BCUT2D eigenvalue weighted by Crippen LogP contribution is -2.08. The first kappa shape index (κ1) is 21.5. The predicted molar refractivity (Wildman–Crippen MR) is 129 cm³/mol. The van der Waals surface area contributed by atoms with Crippen molar-refractivity contribution in [2.75, 3.05) is 0 Å². The Labute approximate surface area is 190 Å². The number of H-pyrrole nitrogens is 1. The molecule has 6 heteroatoms. The number of aromatic nitrogens is 1. The second kappa shape index (κ2) is 9.58. The van der Waals surface area contributed by atoms with Gasteiger partial charge in [-0.1, -0.05) is 68.1 Å². The summed E-state index contributed by atoms with van der Waals surface area (Å²) in [5.41, 5.74) is 1.38. The minimum atomic E-state index is -0.350. The number of pyridine rings is 1. The van der Waals surface area contributed by atoms with Crippen molar-refractivity contribution in [1.82, 2.24) is 4.98 Å². The molecule has 0 aliphatic rings. The molecule has 4 aromatic rings. The van der Waals surface area contributed by atoms with Crippen LogP contribution in [0.3, 0.4) is 0 Å². The van der Waals surface area contributed by atoms with Crippen LogP contribution in [0.2, 0.25) is 4.34 Å². The minimum absolute atomic E-state index is 0.0238. The molecule has 31 heavy (non-hydrogen) atoms. The molecule has 2 heterocycles. The maximum Gasteiger partial charge on any atom is 0.260 e. The fourth-order valence-electron chi connectivity index (χ4n) is 3.73. The van der Waals surface area contributed by atoms with Crippen LogP contribution in [0.1, 0.15) is 38.2 Å². The number of para-hydroxylation sites is 1. The molecule has 2 aromatic carbocycles. The van der Waals surface area contributed by atoms with Crippen molar-refractivity contribution in [3.63, 3.8) is 0 Å². The normalized spacial score (nSPS) is 11.2. The molecule has 0 saturated carbocycles. The van der Waals surface area contributed by atoms with Crippen molar-refractivity contribution in [2.45, 2.75) is 39.0 Å². The predicted octanol–water partition coefficient (Wildman–Crippen LogP) is 7.53. The maximum absolute atomic E-state index is 12.9. The average Bonchev–Trinajstić information content (AvgIpc) is 3.07. The largest absolute Gasteiger partial charge is 0.506 e. The molecule has 0 saturated heterocycles. The Hall–Kier alpha value is -2.76. The number of hydrogen-bond acceptors (Lipinski definition) is 4. The van der Waals surface area contributed by atoms with Gasteiger partial charge in [0.25, 0.3) is 5.56 Å². The molecule has 0 radical (unpaired) electrons. The van der Waals surface area contributed by atoms with Gasteiger partial charge in [0, 0.05) is 0 Å². The van der Waals surface area contributed by atoms with Gasteiger partial charge in [0.15, 0.2) is 0 Å². The molecule has 0 amide bonds. The van der Waals surface area contributed by atoms with E-state index in [2.05, 4.69) is 11.9 Å². The summed E-state index contributed by atoms with van der Waals surface area (Å²) in [4.78, 5) is 16.4. The van der Waals surface area contributed by atoms with Crippen LogP contribution in [0.25, 0.3) is 21.3 Å². The van der Waals surface area contributed by atoms with E-state index in [4.69, 9.17) is 16.3 Å². The van der Waals surface area contributed by atoms with Crippen molar-refractivity contribution >= 4 is 33.2 Å². The SMILES string of the molecule is CCCCCCc1c(Cl)sc2[nH]c(=O)c(-c3cccc(Oc4ccccc4)c3)c(O)c12. The molecular formula is C25H24ClNO3S. The first-order valence-electron chi connectivity index (χ1n) is 10.5. The third-order valence-electron chi connectivity index (χ3n) is 5.27. The maximum atomic E-state index is 12.9. The second-order valence-electron chi connectivity index (χ2n) is 7.49. The number of unbranched alkanes of at least 4 members (excludes halogenated alkanes) is 3. The number of rotatable bonds is 8. The highest BCUT2D eigenvalue weighted by Crippen LogP contribution is 2.43. The molecule has 0 aliphatic carbocycles. The number of benzene rings is 2. The number of aromatic amines is 1. The van der Waals surface area contributed by atoms with Gasteiger partial charge in [0.1, 0.15) is 22.1 Å². The van der Waals surface area contributed by atoms with Crippen molar-refractivity contribution in [1.29, 1.82) is 0 Å². The van der Waals surface area contributed by atoms with E-state index in [1.807, 2.05) is 42.5 Å². The zero-order valence-corrected chi connectivity index (χ0v) is 18.9. The number of fused-ring (bicyclic) bond motifs is 1. The number of aryl methyl sites for hydroxylation is 1. The monoisotopic (exact) mass is 453 g/mol. The Morgan fingerprint density at radius 1 is 1.03 bits per heavy atom. The molecule has 0 fully saturated rings. The molecule has 2 N–H and O–H groups in total. The van der Waals surface area contributed by atoms with Crippen LogP contribution in [0.5, 0.6) is 17.2 Å². The summed E-state index contributed by atoms with van der Waals surface area (Å²) < 4.78 is 6.52. The number of hydrogen-bond donors (Lipinski definition) is 2. The van der Waals surface area contributed by atoms with Gasteiger partial charge < -0.3 is 14.8 Å². The van der Waals surface area contributed by atoms with Gasteiger partial charge in [-0.15, -0.1) is 11.3 Å². The Bertz CT molecular complexity index is 1250. The molecule has 0 spiro atoms. The molecule has 0 unspecified atom stereocenters. The zero-order chi connectivity index (χ0) is 21.8. The van der Waals surface area contributed by atoms with Crippen LogP contribution in [0.15, 0.2) is 59.4 Å². The van der Waals surface area contributed by atoms with Crippen LogP contribution >= 0.6 is 22.9 Å². The molecule has 0 aliphatic heterocycles. The lowest BCUT2D eigenvalue weighted by molar-refractivity contribution is 0.480. The minimum Gasteiger partial charge on any atom is -0.506 e. The lowest BCUT2D eigenvalue weighted by atomic mass is 10.0. The summed E-state index contributed by atoms with van der Waals surface area (Å²) in [6, 6.07) is 16.6. The van der Waals surface area contributed by atoms with Crippen molar-refractivity contribution in [3.05, 3.63) is 74.9 Å². The molecule has 0 bridgehead atoms. The van der Waals surface area contributed by atoms with Crippen LogP contribution in [0.4, 0.5) is 0 Å². The highest BCUT2D eigenvalue weighted by Gasteiger charge is 2.21. The van der Waals surface area contributed by atoms with E-state index in [1.54, 1.807) is 12.1 Å². The van der Waals surface area contributed by atoms with Crippen molar-refractivity contribution in [3.8, 4) is 28.4 Å². The smallest absolute Gasteiger partial charge is 0.260 e. The average molecular weight is 454 g/mol. The topological polar surface area (TPSA) is 62.3 Å². The standard InChI is InChI=1S/C25H24ClNO3S/c1-2-3-4-8-14-19-21-22(28)20(24(29)27-25(21)31-23(19)26)16-10-9-13-18(15-16)30-17-11-6-5-7-12-17/h5-7,9-13,15H,2-4,8,14H2,1H3,(H2,27,28,29). The summed E-state index contributed by atoms with van der Waals surface area (Å²) in [6.07, 6.45) is 5.20. The first-order valence-corrected chi connectivity index (χ1v) is 11.7. The van der Waals surface area contributed by atoms with E-state index in [0.717, 1.165) is 31.2 Å². The van der Waals surface area contributed by atoms with E-state index >= 15 is 0 Å². The number of ether oxygens (including phenoxy) is 1. The van der Waals surface area contributed by atoms with Crippen LogP contribution < -0.4 is 10.3 Å². The summed E-state index contributed by atoms with van der Waals surface area (Å²) in [5, 5.41) is 11.8. The van der Waals surface area contributed by atoms with Gasteiger partial charge in [0.05, 0.1) is 15.3 Å². The Balaban J connectivity index is 1.74. The molecule has 2 aromatic heterocycles. The van der Waals surface area contributed by atoms with Crippen LogP contribution in [0, 0.1) is 0 Å². The summed E-state index contributed by atoms with van der Waals surface area (Å²) in [6.45, 7) is 2.17. The fraction of sp³-hybridized carbons (Fsp3) is 0.240. The van der Waals surface area contributed by atoms with Gasteiger partial charge in [-0.2, -0.15) is 0 Å². The first-order chi connectivity index (χ1) is 15.1. The van der Waals surface area contributed by atoms with Gasteiger partial charge >= 0.3 is 0 Å². The van der Waals surface area contributed by atoms with E-state index in [0.29, 0.717) is 31.6 Å². The van der Waals surface area contributed by atoms with Gasteiger partial charge in [0.2, 0.25) is 0 Å².